The monoisotopic (exact) mass is 456 g/mol. The third kappa shape index (κ3) is 5.97. The van der Waals surface area contributed by atoms with E-state index in [-0.39, 0.29) is 35.8 Å². The zero-order valence-corrected chi connectivity index (χ0v) is 20.1. The molecule has 0 unspecified atom stereocenters. The van der Waals surface area contributed by atoms with Crippen LogP contribution in [0.2, 0.25) is 0 Å². The van der Waals surface area contributed by atoms with Crippen molar-refractivity contribution >= 4 is 23.1 Å². The lowest BCUT2D eigenvalue weighted by Gasteiger charge is -2.37. The molecule has 9 heteroatoms. The number of carbonyl (C=O) groups excluding carboxylic acids is 1. The van der Waals surface area contributed by atoms with E-state index in [2.05, 4.69) is 22.0 Å². The number of nitrogens with two attached hydrogens (primary N) is 1. The van der Waals surface area contributed by atoms with Crippen LogP contribution in [0.15, 0.2) is 39.9 Å². The van der Waals surface area contributed by atoms with Gasteiger partial charge in [0.25, 0.3) is 5.56 Å². The zero-order valence-electron chi connectivity index (χ0n) is 20.1. The van der Waals surface area contributed by atoms with Crippen LogP contribution in [0.5, 0.6) is 0 Å². The van der Waals surface area contributed by atoms with E-state index in [1.165, 1.54) is 4.57 Å². The molecule has 0 radical (unpaired) electrons. The van der Waals surface area contributed by atoms with Crippen molar-refractivity contribution in [3.05, 3.63) is 51.2 Å². The predicted octanol–water partition coefficient (Wildman–Crippen LogP) is 1.59. The van der Waals surface area contributed by atoms with Gasteiger partial charge in [-0.2, -0.15) is 0 Å². The van der Waals surface area contributed by atoms with Crippen LogP contribution in [0.3, 0.4) is 0 Å². The molecule has 1 saturated heterocycles. The first kappa shape index (κ1) is 24.4. The van der Waals surface area contributed by atoms with Gasteiger partial charge in [-0.25, -0.2) is 4.79 Å². The smallest absolute Gasteiger partial charge is 0.330 e. The van der Waals surface area contributed by atoms with Crippen LogP contribution < -0.4 is 26.8 Å². The van der Waals surface area contributed by atoms with Gasteiger partial charge in [0.15, 0.2) is 0 Å². The molecule has 1 aromatic heterocycles. The average Bonchev–Trinajstić information content (AvgIpc) is 2.76. The van der Waals surface area contributed by atoms with Gasteiger partial charge in [0.05, 0.1) is 6.54 Å². The molecule has 0 bridgehead atoms. The highest BCUT2D eigenvalue weighted by atomic mass is 16.2. The summed E-state index contributed by atoms with van der Waals surface area (Å²) in [5, 5.41) is 0. The highest BCUT2D eigenvalue weighted by Crippen LogP contribution is 2.20. The fourth-order valence-corrected chi connectivity index (χ4v) is 4.22. The molecular weight excluding hydrogens is 420 g/mol. The number of nitrogens with zero attached hydrogens (tertiary/aromatic N) is 4. The molecule has 9 nitrogen and oxygen atoms in total. The molecule has 0 atom stereocenters. The van der Waals surface area contributed by atoms with Crippen molar-refractivity contribution in [2.24, 2.45) is 11.8 Å². The molecule has 2 heterocycles. The van der Waals surface area contributed by atoms with Crippen molar-refractivity contribution in [3.8, 4) is 0 Å². The summed E-state index contributed by atoms with van der Waals surface area (Å²) in [4.78, 5) is 46.5. The fourth-order valence-electron chi connectivity index (χ4n) is 4.22. The number of carbonyl (C=O) groups is 1. The Hall–Kier alpha value is -3.23. The maximum Gasteiger partial charge on any atom is 0.330 e. The zero-order chi connectivity index (χ0) is 24.1. The number of para-hydroxylation sites is 1. The Kier molecular flexibility index (Phi) is 7.84. The van der Waals surface area contributed by atoms with E-state index < -0.39 is 11.2 Å². The Balaban J connectivity index is 1.79. The summed E-state index contributed by atoms with van der Waals surface area (Å²) in [6.07, 6.45) is 0. The van der Waals surface area contributed by atoms with E-state index in [1.54, 1.807) is 4.90 Å². The Morgan fingerprint density at radius 1 is 1.03 bits per heavy atom. The Labute approximate surface area is 194 Å². The minimum Gasteiger partial charge on any atom is -0.383 e. The lowest BCUT2D eigenvalue weighted by molar-refractivity contribution is -0.130. The molecule has 0 saturated carbocycles. The molecule has 2 aromatic rings. The van der Waals surface area contributed by atoms with Crippen LogP contribution in [0.25, 0.3) is 0 Å². The first-order valence-corrected chi connectivity index (χ1v) is 11.6. The summed E-state index contributed by atoms with van der Waals surface area (Å²) in [7, 11) is 0. The van der Waals surface area contributed by atoms with Crippen LogP contribution >= 0.6 is 0 Å². The predicted molar refractivity (Wildman–Crippen MR) is 133 cm³/mol. The lowest BCUT2D eigenvalue weighted by atomic mass is 10.2. The van der Waals surface area contributed by atoms with Crippen molar-refractivity contribution in [3.63, 3.8) is 0 Å². The number of aromatic amines is 1. The van der Waals surface area contributed by atoms with Crippen LogP contribution in [0.1, 0.15) is 27.7 Å². The number of rotatable bonds is 8. The lowest BCUT2D eigenvalue weighted by Crippen LogP contribution is -2.52. The molecule has 1 fully saturated rings. The van der Waals surface area contributed by atoms with E-state index in [9.17, 15) is 14.4 Å². The Morgan fingerprint density at radius 3 is 2.24 bits per heavy atom. The van der Waals surface area contributed by atoms with Gasteiger partial charge in [-0.15, -0.1) is 0 Å². The number of benzene rings is 1. The molecule has 180 valence electrons. The second-order valence-electron chi connectivity index (χ2n) is 9.48. The third-order valence-electron chi connectivity index (χ3n) is 5.74. The summed E-state index contributed by atoms with van der Waals surface area (Å²) < 4.78 is 1.39. The molecule has 1 aliphatic heterocycles. The molecule has 1 aliphatic rings. The van der Waals surface area contributed by atoms with Gasteiger partial charge in [0.2, 0.25) is 5.91 Å². The summed E-state index contributed by atoms with van der Waals surface area (Å²) in [5.74, 6) is 0.422. The van der Waals surface area contributed by atoms with Crippen molar-refractivity contribution in [2.75, 3.05) is 54.8 Å². The largest absolute Gasteiger partial charge is 0.383 e. The van der Waals surface area contributed by atoms with Crippen LogP contribution in [-0.4, -0.2) is 59.6 Å². The summed E-state index contributed by atoms with van der Waals surface area (Å²) in [6.45, 7) is 11.6. The van der Waals surface area contributed by atoms with E-state index in [0.717, 1.165) is 18.8 Å². The van der Waals surface area contributed by atoms with Gasteiger partial charge in [-0.3, -0.25) is 19.1 Å². The van der Waals surface area contributed by atoms with Crippen LogP contribution in [0.4, 0.5) is 17.2 Å². The minimum atomic E-state index is -0.556. The molecule has 3 rings (SSSR count). The van der Waals surface area contributed by atoms with E-state index in [0.29, 0.717) is 26.2 Å². The van der Waals surface area contributed by atoms with Crippen molar-refractivity contribution in [1.82, 2.24) is 14.5 Å². The van der Waals surface area contributed by atoms with Crippen LogP contribution in [-0.2, 0) is 11.3 Å². The highest BCUT2D eigenvalue weighted by molar-refractivity contribution is 5.83. The average molecular weight is 457 g/mol. The van der Waals surface area contributed by atoms with Crippen LogP contribution in [0, 0.1) is 11.8 Å². The second-order valence-corrected chi connectivity index (χ2v) is 9.48. The van der Waals surface area contributed by atoms with Gasteiger partial charge < -0.3 is 20.4 Å². The first-order chi connectivity index (χ1) is 15.7. The number of nitrogen functional groups attached to an aromatic ring is 1. The maximum atomic E-state index is 13.2. The maximum absolute atomic E-state index is 13.2. The van der Waals surface area contributed by atoms with Gasteiger partial charge in [0.1, 0.15) is 11.5 Å². The molecule has 1 amide bonds. The summed E-state index contributed by atoms with van der Waals surface area (Å²) >= 11 is 0. The van der Waals surface area contributed by atoms with E-state index in [1.807, 2.05) is 50.8 Å². The Morgan fingerprint density at radius 2 is 1.67 bits per heavy atom. The standard InChI is InChI=1S/C24H36N6O3/c1-17(2)14-29(21-22(25)30(15-18(3)4)24(33)26-23(21)32)16-20(31)28-12-10-27(11-13-28)19-8-6-5-7-9-19/h5-9,17-18H,10-16,25H2,1-4H3,(H,26,32,33). The summed E-state index contributed by atoms with van der Waals surface area (Å²) in [6, 6.07) is 10.2. The number of amides is 1. The van der Waals surface area contributed by atoms with Gasteiger partial charge in [-0.1, -0.05) is 45.9 Å². The van der Waals surface area contributed by atoms with Gasteiger partial charge >= 0.3 is 5.69 Å². The Bertz CT molecular complexity index is 1050. The number of hydrogen-bond donors (Lipinski definition) is 2. The third-order valence-corrected chi connectivity index (χ3v) is 5.74. The number of nitrogens with one attached hydrogen (secondary N) is 1. The fraction of sp³-hybridized carbons (Fsp3) is 0.542. The quantitative estimate of drug-likeness (QED) is 0.625. The number of piperazine rings is 1. The molecule has 0 spiro atoms. The van der Waals surface area contributed by atoms with Crippen molar-refractivity contribution < 1.29 is 4.79 Å². The van der Waals surface area contributed by atoms with Crippen molar-refractivity contribution in [2.45, 2.75) is 34.2 Å². The molecule has 0 aliphatic carbocycles. The second kappa shape index (κ2) is 10.6. The number of hydrogen-bond acceptors (Lipinski definition) is 6. The SMILES string of the molecule is CC(C)CN(CC(=O)N1CCN(c2ccccc2)CC1)c1c(N)n(CC(C)C)c(=O)[nH]c1=O. The van der Waals surface area contributed by atoms with Gasteiger partial charge in [-0.05, 0) is 24.0 Å². The highest BCUT2D eigenvalue weighted by Gasteiger charge is 2.26. The molecule has 33 heavy (non-hydrogen) atoms. The van der Waals surface area contributed by atoms with E-state index in [4.69, 9.17) is 5.73 Å². The number of anilines is 3. The van der Waals surface area contributed by atoms with E-state index >= 15 is 0 Å². The van der Waals surface area contributed by atoms with Gasteiger partial charge in [0, 0.05) is 45.0 Å². The molecular formula is C24H36N6O3. The minimum absolute atomic E-state index is 0.0384. The van der Waals surface area contributed by atoms with Crippen molar-refractivity contribution in [1.29, 1.82) is 0 Å². The summed E-state index contributed by atoms with van der Waals surface area (Å²) in [5.41, 5.74) is 6.58. The first-order valence-electron chi connectivity index (χ1n) is 11.6. The number of aromatic nitrogens is 2. The topological polar surface area (TPSA) is 108 Å². The normalized spacial score (nSPS) is 14.2. The molecule has 1 aromatic carbocycles. The number of H-pyrrole nitrogens is 1. The molecule has 3 N–H and O–H groups in total.